The number of morpholine rings is 1. The monoisotopic (exact) mass is 474 g/mol. The van der Waals surface area contributed by atoms with Crippen molar-refractivity contribution in [3.8, 4) is 11.3 Å². The molecule has 2 unspecified atom stereocenters. The quantitative estimate of drug-likeness (QED) is 0.603. The number of likely N-dealkylation sites (tertiary alicyclic amines) is 1. The molecule has 3 fully saturated rings. The van der Waals surface area contributed by atoms with E-state index < -0.39 is 0 Å². The van der Waals surface area contributed by atoms with E-state index in [9.17, 15) is 9.18 Å². The van der Waals surface area contributed by atoms with E-state index >= 15 is 0 Å². The summed E-state index contributed by atoms with van der Waals surface area (Å²) < 4.78 is 19.3. The number of hydrogen-bond donors (Lipinski definition) is 1. The molecule has 9 heteroatoms. The van der Waals surface area contributed by atoms with Gasteiger partial charge >= 0.3 is 0 Å². The van der Waals surface area contributed by atoms with E-state index in [1.807, 2.05) is 29.3 Å². The van der Waals surface area contributed by atoms with Gasteiger partial charge < -0.3 is 19.9 Å². The second kappa shape index (κ2) is 8.88. The molecule has 1 aromatic carbocycles. The van der Waals surface area contributed by atoms with Crippen molar-refractivity contribution in [2.75, 3.05) is 36.5 Å². The van der Waals surface area contributed by atoms with Gasteiger partial charge in [-0.1, -0.05) is 6.07 Å². The Bertz CT molecular complexity index is 1250. The number of anilines is 3. The van der Waals surface area contributed by atoms with Crippen molar-refractivity contribution < 1.29 is 13.9 Å². The van der Waals surface area contributed by atoms with Crippen molar-refractivity contribution >= 4 is 23.2 Å². The van der Waals surface area contributed by atoms with Crippen LogP contribution in [0.2, 0.25) is 0 Å². The molecule has 180 valence electrons. The number of rotatable bonds is 5. The van der Waals surface area contributed by atoms with E-state index in [4.69, 9.17) is 14.7 Å². The van der Waals surface area contributed by atoms with Crippen LogP contribution in [-0.2, 0) is 9.53 Å². The number of carbonyl (C=O) groups excluding carboxylic acids is 1. The lowest BCUT2D eigenvalue weighted by Crippen LogP contribution is -2.71. The minimum atomic E-state index is -0.321. The SMILES string of the molecule is CC(=O)N1CCCC(c2nc(Nc3cccc(F)c3)cc(-c3ccc(N4CC5OC[C@H]54)nc3)n2)C1. The van der Waals surface area contributed by atoms with Crippen LogP contribution in [0.5, 0.6) is 0 Å². The number of ether oxygens (including phenoxy) is 1. The Kier molecular flexibility index (Phi) is 5.56. The summed E-state index contributed by atoms with van der Waals surface area (Å²) in [7, 11) is 0. The fourth-order valence-electron chi connectivity index (χ4n) is 4.99. The zero-order chi connectivity index (χ0) is 23.9. The number of carbonyl (C=O) groups is 1. The van der Waals surface area contributed by atoms with E-state index in [-0.39, 0.29) is 17.6 Å². The van der Waals surface area contributed by atoms with Crippen LogP contribution in [0, 0.1) is 5.82 Å². The summed E-state index contributed by atoms with van der Waals surface area (Å²) in [5.74, 6) is 1.97. The minimum Gasteiger partial charge on any atom is -0.372 e. The molecule has 0 saturated carbocycles. The Labute approximate surface area is 203 Å². The fourth-order valence-corrected chi connectivity index (χ4v) is 4.99. The highest BCUT2D eigenvalue weighted by atomic mass is 19.1. The lowest BCUT2D eigenvalue weighted by molar-refractivity contribution is -0.130. The van der Waals surface area contributed by atoms with Gasteiger partial charge in [0.05, 0.1) is 24.4 Å². The van der Waals surface area contributed by atoms with Gasteiger partial charge in [-0.3, -0.25) is 4.79 Å². The minimum absolute atomic E-state index is 0.0320. The third-order valence-corrected chi connectivity index (χ3v) is 7.10. The Morgan fingerprint density at radius 2 is 2.09 bits per heavy atom. The summed E-state index contributed by atoms with van der Waals surface area (Å²) in [6.45, 7) is 4.59. The maximum Gasteiger partial charge on any atom is 0.219 e. The van der Waals surface area contributed by atoms with Gasteiger partial charge in [-0.2, -0.15) is 0 Å². The average Bonchev–Trinajstić information content (AvgIpc) is 2.86. The van der Waals surface area contributed by atoms with Crippen molar-refractivity contribution in [1.82, 2.24) is 19.9 Å². The zero-order valence-corrected chi connectivity index (χ0v) is 19.5. The molecule has 3 aliphatic rings. The summed E-state index contributed by atoms with van der Waals surface area (Å²) in [4.78, 5) is 30.4. The highest BCUT2D eigenvalue weighted by Crippen LogP contribution is 2.35. The second-order valence-corrected chi connectivity index (χ2v) is 9.43. The Morgan fingerprint density at radius 3 is 2.77 bits per heavy atom. The number of halogens is 1. The number of piperidine rings is 1. The number of hydrogen-bond acceptors (Lipinski definition) is 7. The van der Waals surface area contributed by atoms with Gasteiger partial charge in [-0.05, 0) is 43.2 Å². The van der Waals surface area contributed by atoms with Gasteiger partial charge in [0.1, 0.15) is 23.3 Å². The lowest BCUT2D eigenvalue weighted by Gasteiger charge is -2.55. The number of benzene rings is 1. The molecule has 0 aliphatic carbocycles. The first kappa shape index (κ1) is 21.9. The van der Waals surface area contributed by atoms with Crippen LogP contribution in [-0.4, -0.2) is 64.1 Å². The normalized spacial score (nSPS) is 23.2. The van der Waals surface area contributed by atoms with Crippen molar-refractivity contribution in [2.24, 2.45) is 0 Å². The molecule has 0 radical (unpaired) electrons. The average molecular weight is 475 g/mol. The predicted molar refractivity (Wildman–Crippen MR) is 130 cm³/mol. The van der Waals surface area contributed by atoms with Crippen LogP contribution in [0.4, 0.5) is 21.7 Å². The summed E-state index contributed by atoms with van der Waals surface area (Å²) in [6, 6.07) is 12.6. The number of fused-ring (bicyclic) bond motifs is 1. The molecule has 35 heavy (non-hydrogen) atoms. The van der Waals surface area contributed by atoms with Gasteiger partial charge in [0.2, 0.25) is 5.91 Å². The summed E-state index contributed by atoms with van der Waals surface area (Å²) in [5.41, 5.74) is 2.22. The predicted octanol–water partition coefficient (Wildman–Crippen LogP) is 3.73. The number of aromatic nitrogens is 3. The van der Waals surface area contributed by atoms with Crippen molar-refractivity contribution in [2.45, 2.75) is 37.8 Å². The van der Waals surface area contributed by atoms with Gasteiger partial charge in [0.25, 0.3) is 0 Å². The number of pyridine rings is 1. The van der Waals surface area contributed by atoms with Crippen LogP contribution in [0.25, 0.3) is 11.3 Å². The highest BCUT2D eigenvalue weighted by Gasteiger charge is 2.47. The lowest BCUT2D eigenvalue weighted by atomic mass is 9.95. The molecule has 1 N–H and O–H groups in total. The van der Waals surface area contributed by atoms with E-state index in [0.29, 0.717) is 36.0 Å². The maximum atomic E-state index is 13.8. The van der Waals surface area contributed by atoms with Gasteiger partial charge in [0, 0.05) is 56.0 Å². The van der Waals surface area contributed by atoms with Crippen molar-refractivity contribution in [3.05, 3.63) is 60.3 Å². The van der Waals surface area contributed by atoms with Crippen LogP contribution in [0.3, 0.4) is 0 Å². The molecule has 8 nitrogen and oxygen atoms in total. The van der Waals surface area contributed by atoms with Crippen LogP contribution in [0.1, 0.15) is 31.5 Å². The van der Waals surface area contributed by atoms with E-state index in [0.717, 1.165) is 49.6 Å². The molecule has 5 heterocycles. The van der Waals surface area contributed by atoms with Crippen LogP contribution < -0.4 is 10.2 Å². The Morgan fingerprint density at radius 1 is 1.17 bits per heavy atom. The maximum absolute atomic E-state index is 13.8. The van der Waals surface area contributed by atoms with Gasteiger partial charge in [-0.15, -0.1) is 0 Å². The van der Waals surface area contributed by atoms with Gasteiger partial charge in [-0.25, -0.2) is 19.3 Å². The number of nitrogens with zero attached hydrogens (tertiary/aromatic N) is 5. The van der Waals surface area contributed by atoms with Gasteiger partial charge in [0.15, 0.2) is 0 Å². The second-order valence-electron chi connectivity index (χ2n) is 9.43. The molecule has 6 rings (SSSR count). The first-order valence-corrected chi connectivity index (χ1v) is 12.1. The van der Waals surface area contributed by atoms with Crippen molar-refractivity contribution in [1.29, 1.82) is 0 Å². The largest absolute Gasteiger partial charge is 0.372 e. The molecule has 0 spiro atoms. The molecule has 3 saturated heterocycles. The summed E-state index contributed by atoms with van der Waals surface area (Å²) in [5, 5.41) is 3.22. The topological polar surface area (TPSA) is 83.5 Å². The molecule has 2 aromatic heterocycles. The van der Waals surface area contributed by atoms with E-state index in [2.05, 4.69) is 15.2 Å². The third-order valence-electron chi connectivity index (χ3n) is 7.10. The third kappa shape index (κ3) is 4.32. The molecular weight excluding hydrogens is 447 g/mol. The van der Waals surface area contributed by atoms with E-state index in [1.165, 1.54) is 12.1 Å². The smallest absolute Gasteiger partial charge is 0.219 e. The Hall–Kier alpha value is -3.59. The summed E-state index contributed by atoms with van der Waals surface area (Å²) in [6.07, 6.45) is 4.00. The molecule has 3 aromatic rings. The summed E-state index contributed by atoms with van der Waals surface area (Å²) >= 11 is 0. The molecular formula is C26H27FN6O2. The number of amides is 1. The molecule has 3 aliphatic heterocycles. The fraction of sp³-hybridized carbons (Fsp3) is 0.385. The van der Waals surface area contributed by atoms with Crippen LogP contribution in [0.15, 0.2) is 48.7 Å². The first-order valence-electron chi connectivity index (χ1n) is 12.1. The first-order chi connectivity index (χ1) is 17.0. The Balaban J connectivity index is 1.31. The number of nitrogens with one attached hydrogen (secondary N) is 1. The van der Waals surface area contributed by atoms with Crippen LogP contribution >= 0.6 is 0 Å². The standard InChI is InChI=1S/C26H27FN6O2/c1-16(34)32-9-3-4-18(13-32)26-30-21(11-24(31-26)29-20-6-2-5-19(27)10-20)17-7-8-25(28-12-17)33-14-23-22(33)15-35-23/h2,5-8,10-12,18,22-23H,3-4,9,13-15H2,1H3,(H,29,30,31)/t18?,22-,23?/m1/s1. The zero-order valence-electron chi connectivity index (χ0n) is 19.5. The molecule has 1 amide bonds. The van der Waals surface area contributed by atoms with Crippen molar-refractivity contribution in [3.63, 3.8) is 0 Å². The molecule has 0 bridgehead atoms. The van der Waals surface area contributed by atoms with E-state index in [1.54, 1.807) is 19.1 Å². The highest BCUT2D eigenvalue weighted by molar-refractivity contribution is 5.73. The molecule has 3 atom stereocenters.